The minimum atomic E-state index is -1.70. The maximum Gasteiger partial charge on any atom is 0.338 e. The number of esters is 1. The molecule has 0 spiro atoms. The lowest BCUT2D eigenvalue weighted by Crippen LogP contribution is -2.24. The highest BCUT2D eigenvalue weighted by molar-refractivity contribution is 7.79. The average molecular weight is 282 g/mol. The van der Waals surface area contributed by atoms with Crippen molar-refractivity contribution in [1.82, 2.24) is 5.48 Å². The largest absolute Gasteiger partial charge is 0.456 e. The van der Waals surface area contributed by atoms with Crippen LogP contribution in [0.4, 0.5) is 0 Å². The molecule has 19 heavy (non-hydrogen) atoms. The number of benzene rings is 1. The molecule has 1 atom stereocenters. The van der Waals surface area contributed by atoms with Crippen molar-refractivity contribution in [1.29, 1.82) is 0 Å². The molecule has 1 aromatic carbocycles. The Bertz CT molecular complexity index is 546. The molecule has 0 saturated carbocycles. The number of hydrogen-bond donors (Lipinski definition) is 1. The fourth-order valence-electron chi connectivity index (χ4n) is 1.40. The smallest absolute Gasteiger partial charge is 0.338 e. The topological polar surface area (TPSA) is 77.0 Å². The van der Waals surface area contributed by atoms with Crippen molar-refractivity contribution in [3.63, 3.8) is 0 Å². The SMILES string of the molecule is CC(C)(C)OC(=O)c1ccc(C2=NS(=O)ON2)cc1. The van der Waals surface area contributed by atoms with Gasteiger partial charge in [-0.15, -0.1) is 4.40 Å². The number of carbonyl (C=O) groups is 1. The number of hydrogen-bond acceptors (Lipinski definition) is 5. The van der Waals surface area contributed by atoms with E-state index in [1.807, 2.05) is 20.8 Å². The number of nitrogens with zero attached hydrogens (tertiary/aromatic N) is 1. The lowest BCUT2D eigenvalue weighted by molar-refractivity contribution is 0.00695. The first kappa shape index (κ1) is 13.7. The molecular formula is C12H14N2O4S. The molecule has 1 unspecified atom stereocenters. The van der Waals surface area contributed by atoms with Gasteiger partial charge in [0.15, 0.2) is 5.84 Å². The van der Waals surface area contributed by atoms with Crippen LogP contribution in [-0.4, -0.2) is 21.6 Å². The average Bonchev–Trinajstić information content (AvgIpc) is 2.74. The Hall–Kier alpha value is -1.73. The Morgan fingerprint density at radius 2 is 1.95 bits per heavy atom. The van der Waals surface area contributed by atoms with Crippen LogP contribution in [0.1, 0.15) is 36.7 Å². The van der Waals surface area contributed by atoms with Crippen LogP contribution in [0.15, 0.2) is 28.7 Å². The van der Waals surface area contributed by atoms with Gasteiger partial charge < -0.3 is 4.74 Å². The van der Waals surface area contributed by atoms with Crippen LogP contribution in [0, 0.1) is 0 Å². The lowest BCUT2D eigenvalue weighted by Gasteiger charge is -2.19. The van der Waals surface area contributed by atoms with Crippen LogP contribution in [0.25, 0.3) is 0 Å². The Kier molecular flexibility index (Phi) is 3.68. The summed E-state index contributed by atoms with van der Waals surface area (Å²) in [4.78, 5) is 11.8. The van der Waals surface area contributed by atoms with Gasteiger partial charge in [-0.2, -0.15) is 4.28 Å². The molecule has 1 aliphatic rings. The molecule has 0 aromatic heterocycles. The van der Waals surface area contributed by atoms with Crippen molar-refractivity contribution in [3.05, 3.63) is 35.4 Å². The summed E-state index contributed by atoms with van der Waals surface area (Å²) in [5, 5.41) is 0. The molecule has 0 saturated heterocycles. The highest BCUT2D eigenvalue weighted by atomic mass is 32.2. The number of rotatable bonds is 2. The van der Waals surface area contributed by atoms with Gasteiger partial charge in [-0.3, -0.25) is 0 Å². The van der Waals surface area contributed by atoms with Crippen molar-refractivity contribution in [2.45, 2.75) is 26.4 Å². The fourth-order valence-corrected chi connectivity index (χ4v) is 1.88. The van der Waals surface area contributed by atoms with Crippen LogP contribution in [0.2, 0.25) is 0 Å². The minimum absolute atomic E-state index is 0.370. The predicted octanol–water partition coefficient (Wildman–Crippen LogP) is 1.50. The van der Waals surface area contributed by atoms with Crippen LogP contribution >= 0.6 is 0 Å². The molecule has 1 heterocycles. The molecule has 6 nitrogen and oxygen atoms in total. The molecule has 0 amide bonds. The highest BCUT2D eigenvalue weighted by Crippen LogP contribution is 2.14. The quantitative estimate of drug-likeness (QED) is 0.832. The van der Waals surface area contributed by atoms with Gasteiger partial charge >= 0.3 is 17.2 Å². The van der Waals surface area contributed by atoms with Gasteiger partial charge in [-0.25, -0.2) is 14.5 Å². The van der Waals surface area contributed by atoms with Gasteiger partial charge in [0.1, 0.15) is 5.60 Å². The molecule has 1 aromatic rings. The van der Waals surface area contributed by atoms with Gasteiger partial charge in [-0.1, -0.05) is 12.1 Å². The zero-order valence-electron chi connectivity index (χ0n) is 10.8. The summed E-state index contributed by atoms with van der Waals surface area (Å²) in [6, 6.07) is 6.59. The summed E-state index contributed by atoms with van der Waals surface area (Å²) in [7, 11) is 0. The number of carbonyl (C=O) groups excluding carboxylic acids is 1. The van der Waals surface area contributed by atoms with E-state index >= 15 is 0 Å². The summed E-state index contributed by atoms with van der Waals surface area (Å²) in [6.07, 6.45) is 0. The molecule has 102 valence electrons. The van der Waals surface area contributed by atoms with E-state index in [9.17, 15) is 9.00 Å². The Morgan fingerprint density at radius 1 is 1.32 bits per heavy atom. The van der Waals surface area contributed by atoms with Crippen molar-refractivity contribution in [3.8, 4) is 0 Å². The second kappa shape index (κ2) is 5.10. The van der Waals surface area contributed by atoms with Crippen LogP contribution in [0.5, 0.6) is 0 Å². The van der Waals surface area contributed by atoms with E-state index < -0.39 is 16.9 Å². The minimum Gasteiger partial charge on any atom is -0.456 e. The van der Waals surface area contributed by atoms with Gasteiger partial charge in [0.2, 0.25) is 0 Å². The summed E-state index contributed by atoms with van der Waals surface area (Å²) in [6.45, 7) is 5.43. The predicted molar refractivity (Wildman–Crippen MR) is 70.5 cm³/mol. The third-order valence-electron chi connectivity index (χ3n) is 2.17. The molecule has 0 bridgehead atoms. The normalized spacial score (nSPS) is 18.7. The van der Waals surface area contributed by atoms with Crippen LogP contribution in [0.3, 0.4) is 0 Å². The van der Waals surface area contributed by atoms with Crippen molar-refractivity contribution < 1.29 is 18.0 Å². The lowest BCUT2D eigenvalue weighted by atomic mass is 10.1. The monoisotopic (exact) mass is 282 g/mol. The summed E-state index contributed by atoms with van der Waals surface area (Å²) in [5.41, 5.74) is 3.04. The number of amidine groups is 1. The Balaban J connectivity index is 2.13. The van der Waals surface area contributed by atoms with E-state index in [0.717, 1.165) is 0 Å². The Morgan fingerprint density at radius 3 is 2.42 bits per heavy atom. The number of nitrogens with one attached hydrogen (secondary N) is 1. The number of ether oxygens (including phenoxy) is 1. The van der Waals surface area contributed by atoms with Crippen LogP contribution < -0.4 is 5.48 Å². The Labute approximate surface area is 113 Å². The van der Waals surface area contributed by atoms with Gasteiger partial charge in [0, 0.05) is 5.56 Å². The first-order valence-corrected chi connectivity index (χ1v) is 6.66. The van der Waals surface area contributed by atoms with Crippen molar-refractivity contribution >= 4 is 23.1 Å². The molecule has 0 radical (unpaired) electrons. The zero-order chi connectivity index (χ0) is 14.0. The van der Waals surface area contributed by atoms with Crippen molar-refractivity contribution in [2.75, 3.05) is 0 Å². The molecule has 2 rings (SSSR count). The highest BCUT2D eigenvalue weighted by Gasteiger charge is 2.19. The van der Waals surface area contributed by atoms with Crippen molar-refractivity contribution in [2.24, 2.45) is 4.40 Å². The maximum absolute atomic E-state index is 11.8. The van der Waals surface area contributed by atoms with E-state index in [-0.39, 0.29) is 5.97 Å². The third kappa shape index (κ3) is 3.62. The van der Waals surface area contributed by atoms with Gasteiger partial charge in [0.25, 0.3) is 0 Å². The van der Waals surface area contributed by atoms with E-state index in [4.69, 9.17) is 4.74 Å². The first-order valence-electron chi connectivity index (χ1n) is 5.63. The fraction of sp³-hybridized carbons (Fsp3) is 0.333. The standard InChI is InChI=1S/C12H14N2O4S/c1-12(2,3)17-11(15)9-6-4-8(5-7-9)10-13-18-19(16)14-10/h4-7H,1-3H3,(H,13,14). The number of hydroxylamine groups is 1. The third-order valence-corrected chi connectivity index (χ3v) is 2.73. The first-order chi connectivity index (χ1) is 8.85. The van der Waals surface area contributed by atoms with E-state index in [1.165, 1.54) is 0 Å². The second-order valence-corrected chi connectivity index (χ2v) is 5.71. The van der Waals surface area contributed by atoms with Gasteiger partial charge in [-0.05, 0) is 32.9 Å². The van der Waals surface area contributed by atoms with E-state index in [2.05, 4.69) is 14.2 Å². The van der Waals surface area contributed by atoms with Gasteiger partial charge in [0.05, 0.1) is 5.56 Å². The molecule has 7 heteroatoms. The molecule has 0 aliphatic carbocycles. The van der Waals surface area contributed by atoms with E-state index in [1.54, 1.807) is 24.3 Å². The van der Waals surface area contributed by atoms with Crippen LogP contribution in [-0.2, 0) is 20.3 Å². The summed E-state index contributed by atoms with van der Waals surface area (Å²) < 4.78 is 24.5. The zero-order valence-corrected chi connectivity index (χ0v) is 11.6. The van der Waals surface area contributed by atoms with E-state index in [0.29, 0.717) is 17.0 Å². The molecule has 0 fully saturated rings. The summed E-state index contributed by atoms with van der Waals surface area (Å²) >= 11 is -1.70. The molecule has 1 aliphatic heterocycles. The maximum atomic E-state index is 11.8. The second-order valence-electron chi connectivity index (χ2n) is 4.92. The summed E-state index contributed by atoms with van der Waals surface area (Å²) in [5.74, 6) is -0.0192. The molecule has 1 N–H and O–H groups in total. The molecular weight excluding hydrogens is 268 g/mol.